The van der Waals surface area contributed by atoms with Crippen molar-refractivity contribution in [1.82, 2.24) is 4.90 Å². The maximum absolute atomic E-state index is 12.9. The van der Waals surface area contributed by atoms with Gasteiger partial charge in [-0.15, -0.1) is 0 Å². The van der Waals surface area contributed by atoms with Gasteiger partial charge >= 0.3 is 0 Å². The van der Waals surface area contributed by atoms with Gasteiger partial charge in [-0.2, -0.15) is 0 Å². The minimum absolute atomic E-state index is 0.0103. The molecule has 0 aliphatic carbocycles. The van der Waals surface area contributed by atoms with Crippen molar-refractivity contribution >= 4 is 23.4 Å². The van der Waals surface area contributed by atoms with Gasteiger partial charge in [-0.3, -0.25) is 14.4 Å². The van der Waals surface area contributed by atoms with E-state index in [-0.39, 0.29) is 36.0 Å². The molecule has 2 N–H and O–H groups in total. The zero-order valence-electron chi connectivity index (χ0n) is 16.2. The summed E-state index contributed by atoms with van der Waals surface area (Å²) in [4.78, 5) is 40.5. The SMILES string of the molecule is CCC(C)c1ccccc1N1CC(C(=O)N2CCC(C(N)=O)CC2)CC1=O. The lowest BCUT2D eigenvalue weighted by atomic mass is 9.95. The maximum Gasteiger partial charge on any atom is 0.228 e. The third kappa shape index (κ3) is 3.99. The highest BCUT2D eigenvalue weighted by molar-refractivity contribution is 6.01. The Balaban J connectivity index is 1.69. The van der Waals surface area contributed by atoms with Gasteiger partial charge in [0.05, 0.1) is 5.92 Å². The van der Waals surface area contributed by atoms with Crippen LogP contribution in [0, 0.1) is 11.8 Å². The number of primary amides is 1. The zero-order chi connectivity index (χ0) is 19.6. The molecule has 1 aromatic rings. The fourth-order valence-corrected chi connectivity index (χ4v) is 4.12. The average molecular weight is 371 g/mol. The van der Waals surface area contributed by atoms with Crippen molar-refractivity contribution in [2.45, 2.75) is 45.4 Å². The Kier molecular flexibility index (Phi) is 5.82. The van der Waals surface area contributed by atoms with Gasteiger partial charge in [-0.1, -0.05) is 32.0 Å². The summed E-state index contributed by atoms with van der Waals surface area (Å²) in [5.74, 6) is -0.348. The molecule has 0 radical (unpaired) electrons. The molecular formula is C21H29N3O3. The van der Waals surface area contributed by atoms with Crippen molar-refractivity contribution in [2.24, 2.45) is 17.6 Å². The second-order valence-corrected chi connectivity index (χ2v) is 7.78. The Bertz CT molecular complexity index is 725. The molecule has 2 aliphatic heterocycles. The first kappa shape index (κ1) is 19.4. The van der Waals surface area contributed by atoms with Gasteiger partial charge in [0.1, 0.15) is 0 Å². The molecular weight excluding hydrogens is 342 g/mol. The van der Waals surface area contributed by atoms with E-state index in [9.17, 15) is 14.4 Å². The third-order valence-corrected chi connectivity index (χ3v) is 6.05. The number of carbonyl (C=O) groups is 3. The van der Waals surface area contributed by atoms with Crippen LogP contribution in [0.2, 0.25) is 0 Å². The number of para-hydroxylation sites is 1. The van der Waals surface area contributed by atoms with Crippen LogP contribution in [-0.2, 0) is 14.4 Å². The van der Waals surface area contributed by atoms with E-state index < -0.39 is 0 Å². The summed E-state index contributed by atoms with van der Waals surface area (Å²) < 4.78 is 0. The fourth-order valence-electron chi connectivity index (χ4n) is 4.12. The van der Waals surface area contributed by atoms with E-state index in [4.69, 9.17) is 5.73 Å². The Morgan fingerprint density at radius 1 is 1.19 bits per heavy atom. The van der Waals surface area contributed by atoms with Crippen LogP contribution in [-0.4, -0.2) is 42.3 Å². The lowest BCUT2D eigenvalue weighted by molar-refractivity contribution is -0.138. The fraction of sp³-hybridized carbons (Fsp3) is 0.571. The molecule has 2 atom stereocenters. The van der Waals surface area contributed by atoms with Crippen molar-refractivity contribution in [3.8, 4) is 0 Å². The van der Waals surface area contributed by atoms with E-state index in [0.717, 1.165) is 17.7 Å². The van der Waals surface area contributed by atoms with Crippen LogP contribution < -0.4 is 10.6 Å². The first-order chi connectivity index (χ1) is 12.9. The number of nitrogens with two attached hydrogens (primary N) is 1. The van der Waals surface area contributed by atoms with Crippen LogP contribution in [0.25, 0.3) is 0 Å². The van der Waals surface area contributed by atoms with Crippen LogP contribution in [0.15, 0.2) is 24.3 Å². The molecule has 2 aliphatic rings. The van der Waals surface area contributed by atoms with Gasteiger partial charge in [0.25, 0.3) is 0 Å². The van der Waals surface area contributed by atoms with Gasteiger partial charge in [0.2, 0.25) is 17.7 Å². The Morgan fingerprint density at radius 2 is 1.85 bits per heavy atom. The smallest absolute Gasteiger partial charge is 0.228 e. The summed E-state index contributed by atoms with van der Waals surface area (Å²) >= 11 is 0. The van der Waals surface area contributed by atoms with Crippen molar-refractivity contribution in [1.29, 1.82) is 0 Å². The summed E-state index contributed by atoms with van der Waals surface area (Å²) in [6.07, 6.45) is 2.48. The van der Waals surface area contributed by atoms with Gasteiger partial charge < -0.3 is 15.5 Å². The van der Waals surface area contributed by atoms with Gasteiger partial charge in [-0.05, 0) is 36.8 Å². The summed E-state index contributed by atoms with van der Waals surface area (Å²) in [5.41, 5.74) is 7.45. The number of amides is 3. The summed E-state index contributed by atoms with van der Waals surface area (Å²) in [6, 6.07) is 7.99. The first-order valence-corrected chi connectivity index (χ1v) is 9.89. The Labute approximate surface area is 160 Å². The Hall–Kier alpha value is -2.37. The molecule has 0 saturated carbocycles. The number of anilines is 1. The number of rotatable bonds is 5. The molecule has 6 heteroatoms. The molecule has 2 heterocycles. The van der Waals surface area contributed by atoms with Crippen molar-refractivity contribution in [2.75, 3.05) is 24.5 Å². The van der Waals surface area contributed by atoms with E-state index >= 15 is 0 Å². The number of hydrogen-bond donors (Lipinski definition) is 1. The zero-order valence-corrected chi connectivity index (χ0v) is 16.2. The lowest BCUT2D eigenvalue weighted by Gasteiger charge is -2.32. The largest absolute Gasteiger partial charge is 0.369 e. The predicted octanol–water partition coefficient (Wildman–Crippen LogP) is 2.28. The van der Waals surface area contributed by atoms with Gasteiger partial charge in [0.15, 0.2) is 0 Å². The molecule has 0 bridgehead atoms. The molecule has 27 heavy (non-hydrogen) atoms. The first-order valence-electron chi connectivity index (χ1n) is 9.89. The predicted molar refractivity (Wildman–Crippen MR) is 104 cm³/mol. The number of nitrogens with zero attached hydrogens (tertiary/aromatic N) is 2. The monoisotopic (exact) mass is 371 g/mol. The molecule has 1 aromatic carbocycles. The van der Waals surface area contributed by atoms with Crippen LogP contribution >= 0.6 is 0 Å². The van der Waals surface area contributed by atoms with E-state index in [0.29, 0.717) is 38.4 Å². The van der Waals surface area contributed by atoms with E-state index in [1.165, 1.54) is 0 Å². The molecule has 3 amide bonds. The molecule has 2 unspecified atom stereocenters. The van der Waals surface area contributed by atoms with Crippen molar-refractivity contribution in [3.63, 3.8) is 0 Å². The quantitative estimate of drug-likeness (QED) is 0.862. The average Bonchev–Trinajstić information content (AvgIpc) is 3.08. The minimum Gasteiger partial charge on any atom is -0.369 e. The summed E-state index contributed by atoms with van der Waals surface area (Å²) in [6.45, 7) is 5.81. The standard InChI is InChI=1S/C21H29N3O3/c1-3-14(2)17-6-4-5-7-18(17)24-13-16(12-19(24)25)21(27)23-10-8-15(9-11-23)20(22)26/h4-7,14-16H,3,8-13H2,1-2H3,(H2,22,26). The normalized spacial score (nSPS) is 22.1. The number of carbonyl (C=O) groups excluding carboxylic acids is 3. The second kappa shape index (κ2) is 8.11. The molecule has 2 saturated heterocycles. The topological polar surface area (TPSA) is 83.7 Å². The lowest BCUT2D eigenvalue weighted by Crippen LogP contribution is -2.44. The summed E-state index contributed by atoms with van der Waals surface area (Å²) in [5, 5.41) is 0. The van der Waals surface area contributed by atoms with Crippen LogP contribution in [0.5, 0.6) is 0 Å². The number of likely N-dealkylation sites (tertiary alicyclic amines) is 1. The highest BCUT2D eigenvalue weighted by Crippen LogP contribution is 2.34. The maximum atomic E-state index is 12.9. The van der Waals surface area contributed by atoms with Gasteiger partial charge in [-0.25, -0.2) is 0 Å². The third-order valence-electron chi connectivity index (χ3n) is 6.05. The van der Waals surface area contributed by atoms with E-state index in [1.807, 2.05) is 18.2 Å². The Morgan fingerprint density at radius 3 is 2.48 bits per heavy atom. The number of benzene rings is 1. The number of piperidine rings is 1. The van der Waals surface area contributed by atoms with Crippen molar-refractivity contribution in [3.05, 3.63) is 29.8 Å². The molecule has 3 rings (SSSR count). The van der Waals surface area contributed by atoms with Crippen LogP contribution in [0.1, 0.15) is 51.0 Å². The van der Waals surface area contributed by atoms with Crippen molar-refractivity contribution < 1.29 is 14.4 Å². The molecule has 0 aromatic heterocycles. The highest BCUT2D eigenvalue weighted by Gasteiger charge is 2.39. The molecule has 146 valence electrons. The highest BCUT2D eigenvalue weighted by atomic mass is 16.2. The molecule has 2 fully saturated rings. The van der Waals surface area contributed by atoms with E-state index in [2.05, 4.69) is 19.9 Å². The summed E-state index contributed by atoms with van der Waals surface area (Å²) in [7, 11) is 0. The second-order valence-electron chi connectivity index (χ2n) is 7.78. The number of hydrogen-bond acceptors (Lipinski definition) is 3. The molecule has 6 nitrogen and oxygen atoms in total. The van der Waals surface area contributed by atoms with Gasteiger partial charge in [0, 0.05) is 37.7 Å². The van der Waals surface area contributed by atoms with Crippen LogP contribution in [0.3, 0.4) is 0 Å². The minimum atomic E-state index is -0.312. The van der Waals surface area contributed by atoms with E-state index in [1.54, 1.807) is 9.80 Å². The molecule has 0 spiro atoms. The van der Waals surface area contributed by atoms with Crippen LogP contribution in [0.4, 0.5) is 5.69 Å².